The second-order valence-corrected chi connectivity index (χ2v) is 10.8. The van der Waals surface area contributed by atoms with Gasteiger partial charge in [0.2, 0.25) is 5.91 Å². The third-order valence-corrected chi connectivity index (χ3v) is 8.45. The van der Waals surface area contributed by atoms with Gasteiger partial charge in [-0.25, -0.2) is 0 Å². The van der Waals surface area contributed by atoms with Crippen LogP contribution in [0, 0.1) is 23.7 Å². The van der Waals surface area contributed by atoms with Crippen LogP contribution < -0.4 is 11.1 Å². The first-order valence-electron chi connectivity index (χ1n) is 12.4. The average Bonchev–Trinajstić information content (AvgIpc) is 2.98. The Morgan fingerprint density at radius 1 is 1.06 bits per heavy atom. The zero-order valence-corrected chi connectivity index (χ0v) is 19.4. The van der Waals surface area contributed by atoms with Crippen molar-refractivity contribution in [2.24, 2.45) is 29.4 Å². The molecular weight excluding hydrogens is 394 g/mol. The first-order valence-corrected chi connectivity index (χ1v) is 12.4. The third kappa shape index (κ3) is 3.68. The summed E-state index contributed by atoms with van der Waals surface area (Å²) < 4.78 is 0. The van der Waals surface area contributed by atoms with Gasteiger partial charge in [0.15, 0.2) is 0 Å². The zero-order valence-electron chi connectivity index (χ0n) is 19.4. The van der Waals surface area contributed by atoms with Crippen LogP contribution in [-0.2, 0) is 17.6 Å². The molecule has 5 unspecified atom stereocenters. The van der Waals surface area contributed by atoms with Crippen molar-refractivity contribution in [3.05, 3.63) is 71.8 Å². The minimum Gasteiger partial charge on any atom is -0.369 e. The van der Waals surface area contributed by atoms with Gasteiger partial charge in [-0.2, -0.15) is 0 Å². The molecule has 4 fully saturated rings. The van der Waals surface area contributed by atoms with Gasteiger partial charge in [-0.05, 0) is 67.7 Å². The highest BCUT2D eigenvalue weighted by Crippen LogP contribution is 2.56. The number of carbonyl (C=O) groups is 1. The average molecular weight is 432 g/mol. The van der Waals surface area contributed by atoms with Crippen LogP contribution in [-0.4, -0.2) is 41.5 Å². The van der Waals surface area contributed by atoms with E-state index in [0.29, 0.717) is 23.8 Å². The number of amides is 1. The van der Waals surface area contributed by atoms with Crippen LogP contribution in [0.3, 0.4) is 0 Å². The predicted octanol–water partition coefficient (Wildman–Crippen LogP) is 3.65. The first kappa shape index (κ1) is 21.7. The molecule has 0 aromatic heterocycles. The molecule has 3 aliphatic heterocycles. The summed E-state index contributed by atoms with van der Waals surface area (Å²) in [6.45, 7) is 6.55. The number of primary amides is 1. The van der Waals surface area contributed by atoms with E-state index in [1.54, 1.807) is 0 Å². The molecular formula is C28H37N3O. The number of carbonyl (C=O) groups excluding carboxylic acids is 1. The minimum atomic E-state index is -0.102. The van der Waals surface area contributed by atoms with Gasteiger partial charge in [-0.3, -0.25) is 9.69 Å². The van der Waals surface area contributed by atoms with Crippen molar-refractivity contribution in [1.29, 1.82) is 0 Å². The molecule has 1 saturated carbocycles. The molecule has 0 radical (unpaired) electrons. The van der Waals surface area contributed by atoms with E-state index in [0.717, 1.165) is 38.8 Å². The molecule has 32 heavy (non-hydrogen) atoms. The Labute approximate surface area is 192 Å². The van der Waals surface area contributed by atoms with Crippen molar-refractivity contribution >= 4 is 5.91 Å². The number of nitrogens with two attached hydrogens (primary N) is 1. The second-order valence-electron chi connectivity index (χ2n) is 10.8. The Kier molecular flexibility index (Phi) is 5.85. The highest BCUT2D eigenvalue weighted by Gasteiger charge is 2.66. The number of likely N-dealkylation sites (tertiary alicyclic amines) is 1. The van der Waals surface area contributed by atoms with Gasteiger partial charge in [0, 0.05) is 17.6 Å². The maximum atomic E-state index is 12.7. The SMILES string of the molecule is CC(C)CCN1C2C3NCC(CC3C1(Cc1ccccc1)Cc1ccccc1)C2C(N)=O. The summed E-state index contributed by atoms with van der Waals surface area (Å²) in [6, 6.07) is 22.5. The van der Waals surface area contributed by atoms with E-state index < -0.39 is 0 Å². The number of benzene rings is 2. The van der Waals surface area contributed by atoms with Crippen molar-refractivity contribution in [3.8, 4) is 0 Å². The van der Waals surface area contributed by atoms with E-state index in [1.165, 1.54) is 11.1 Å². The van der Waals surface area contributed by atoms with Crippen LogP contribution in [0.25, 0.3) is 0 Å². The molecule has 5 atom stereocenters. The molecule has 1 amide bonds. The molecule has 0 spiro atoms. The Balaban J connectivity index is 1.62. The lowest BCUT2D eigenvalue weighted by Gasteiger charge is -2.48. The number of nitrogens with one attached hydrogen (secondary N) is 1. The molecule has 6 rings (SSSR count). The van der Waals surface area contributed by atoms with E-state index >= 15 is 0 Å². The fraction of sp³-hybridized carbons (Fsp3) is 0.536. The van der Waals surface area contributed by atoms with Gasteiger partial charge < -0.3 is 11.1 Å². The van der Waals surface area contributed by atoms with Gasteiger partial charge in [0.25, 0.3) is 0 Å². The molecule has 2 aromatic rings. The normalized spacial score (nSPS) is 30.7. The molecule has 3 heterocycles. The Morgan fingerprint density at radius 2 is 1.66 bits per heavy atom. The maximum absolute atomic E-state index is 12.7. The molecule has 4 nitrogen and oxygen atoms in total. The number of hydrogen-bond donors (Lipinski definition) is 2. The van der Waals surface area contributed by atoms with Crippen molar-refractivity contribution < 1.29 is 4.79 Å². The van der Waals surface area contributed by atoms with Crippen molar-refractivity contribution in [3.63, 3.8) is 0 Å². The third-order valence-electron chi connectivity index (χ3n) is 8.45. The lowest BCUT2D eigenvalue weighted by atomic mass is 9.62. The van der Waals surface area contributed by atoms with Gasteiger partial charge in [0.1, 0.15) is 0 Å². The molecule has 1 aliphatic carbocycles. The van der Waals surface area contributed by atoms with E-state index in [4.69, 9.17) is 5.73 Å². The lowest BCUT2D eigenvalue weighted by molar-refractivity contribution is -0.128. The van der Waals surface area contributed by atoms with Crippen LogP contribution in [0.1, 0.15) is 37.8 Å². The molecule has 3 N–H and O–H groups in total. The van der Waals surface area contributed by atoms with Crippen LogP contribution in [0.15, 0.2) is 60.7 Å². The number of rotatable bonds is 8. The van der Waals surface area contributed by atoms with Crippen molar-refractivity contribution in [2.45, 2.75) is 57.2 Å². The topological polar surface area (TPSA) is 58.4 Å². The van der Waals surface area contributed by atoms with E-state index in [1.807, 2.05) is 0 Å². The van der Waals surface area contributed by atoms with E-state index in [-0.39, 0.29) is 23.4 Å². The first-order chi connectivity index (χ1) is 15.5. The van der Waals surface area contributed by atoms with Gasteiger partial charge in [0.05, 0.1) is 5.92 Å². The van der Waals surface area contributed by atoms with Gasteiger partial charge >= 0.3 is 0 Å². The lowest BCUT2D eigenvalue weighted by Crippen LogP contribution is -2.64. The quantitative estimate of drug-likeness (QED) is 0.671. The summed E-state index contributed by atoms with van der Waals surface area (Å²) in [5.74, 6) is 1.35. The minimum absolute atomic E-state index is 0.0111. The zero-order chi connectivity index (χ0) is 22.3. The Hall–Kier alpha value is -2.17. The molecule has 4 heteroatoms. The van der Waals surface area contributed by atoms with Crippen molar-refractivity contribution in [2.75, 3.05) is 13.1 Å². The summed E-state index contributed by atoms with van der Waals surface area (Å²) in [5, 5.41) is 3.86. The molecule has 2 aromatic carbocycles. The molecule has 4 aliphatic rings. The van der Waals surface area contributed by atoms with E-state index in [2.05, 4.69) is 84.7 Å². The number of nitrogens with zero attached hydrogens (tertiary/aromatic N) is 1. The largest absolute Gasteiger partial charge is 0.369 e. The summed E-state index contributed by atoms with van der Waals surface area (Å²) in [6.07, 6.45) is 4.26. The fourth-order valence-corrected chi connectivity index (χ4v) is 7.17. The summed E-state index contributed by atoms with van der Waals surface area (Å²) in [7, 11) is 0. The van der Waals surface area contributed by atoms with Crippen LogP contribution in [0.5, 0.6) is 0 Å². The van der Waals surface area contributed by atoms with E-state index in [9.17, 15) is 4.79 Å². The molecule has 4 bridgehead atoms. The van der Waals surface area contributed by atoms with Gasteiger partial charge in [-0.1, -0.05) is 74.5 Å². The second kappa shape index (κ2) is 8.64. The smallest absolute Gasteiger partial charge is 0.222 e. The molecule has 3 saturated heterocycles. The maximum Gasteiger partial charge on any atom is 0.222 e. The number of hydrogen-bond acceptors (Lipinski definition) is 3. The van der Waals surface area contributed by atoms with Crippen LogP contribution in [0.4, 0.5) is 0 Å². The van der Waals surface area contributed by atoms with Crippen LogP contribution >= 0.6 is 0 Å². The Bertz CT molecular complexity index is 887. The van der Waals surface area contributed by atoms with Crippen molar-refractivity contribution in [1.82, 2.24) is 10.2 Å². The summed E-state index contributed by atoms with van der Waals surface area (Å²) >= 11 is 0. The molecule has 170 valence electrons. The summed E-state index contributed by atoms with van der Waals surface area (Å²) in [4.78, 5) is 15.5. The van der Waals surface area contributed by atoms with Gasteiger partial charge in [-0.15, -0.1) is 0 Å². The Morgan fingerprint density at radius 3 is 2.19 bits per heavy atom. The predicted molar refractivity (Wildman–Crippen MR) is 129 cm³/mol. The number of fused-ring (bicyclic) bond motifs is 1. The number of piperidine rings is 2. The monoisotopic (exact) mass is 431 g/mol. The highest BCUT2D eigenvalue weighted by atomic mass is 16.1. The van der Waals surface area contributed by atoms with Crippen LogP contribution in [0.2, 0.25) is 0 Å². The summed E-state index contributed by atoms with van der Waals surface area (Å²) in [5.41, 5.74) is 8.82. The standard InChI is InChI=1S/C28H37N3O/c1-19(2)13-14-31-26-24(27(29)32)22-15-23(25(26)30-18-22)28(31,16-20-9-5-3-6-10-20)17-21-11-7-4-8-12-21/h3-12,19,22-26,30H,13-18H2,1-2H3,(H2,29,32). The fourth-order valence-electron chi connectivity index (χ4n) is 7.17. The highest BCUT2D eigenvalue weighted by molar-refractivity contribution is 5.78.